The van der Waals surface area contributed by atoms with E-state index >= 15 is 0 Å². The number of halogens is 2. The molecule has 2 nitrogen and oxygen atoms in total. The monoisotopic (exact) mass is 286 g/mol. The molecule has 2 unspecified atom stereocenters. The number of aromatic nitrogens is 1. The van der Waals surface area contributed by atoms with Crippen LogP contribution in [0.15, 0.2) is 16.7 Å². The molecule has 1 heterocycles. The molecule has 0 bridgehead atoms. The van der Waals surface area contributed by atoms with Crippen molar-refractivity contribution in [3.8, 4) is 0 Å². The van der Waals surface area contributed by atoms with Gasteiger partial charge in [-0.3, -0.25) is 0 Å². The first-order valence-corrected chi connectivity index (χ1v) is 6.53. The van der Waals surface area contributed by atoms with Gasteiger partial charge in [0.1, 0.15) is 0 Å². The Balaban J connectivity index is 2.07. The molecule has 4 heteroatoms. The highest BCUT2D eigenvalue weighted by atomic mass is 79.9. The Morgan fingerprint density at radius 1 is 1.44 bits per heavy atom. The minimum atomic E-state index is -0.285. The van der Waals surface area contributed by atoms with E-state index in [1.165, 1.54) is 25.3 Å². The molecule has 2 atom stereocenters. The molecule has 0 amide bonds. The fourth-order valence-corrected chi connectivity index (χ4v) is 2.53. The van der Waals surface area contributed by atoms with Gasteiger partial charge in [0.05, 0.1) is 0 Å². The molecule has 0 saturated heterocycles. The second-order valence-corrected chi connectivity index (χ2v) is 5.41. The van der Waals surface area contributed by atoms with Gasteiger partial charge in [0.2, 0.25) is 0 Å². The van der Waals surface area contributed by atoms with Gasteiger partial charge in [0, 0.05) is 16.7 Å². The summed E-state index contributed by atoms with van der Waals surface area (Å²) in [6.45, 7) is 2.22. The van der Waals surface area contributed by atoms with Crippen molar-refractivity contribution in [2.45, 2.75) is 38.6 Å². The van der Waals surface area contributed by atoms with Gasteiger partial charge in [-0.05, 0) is 40.8 Å². The van der Waals surface area contributed by atoms with E-state index in [1.54, 1.807) is 6.20 Å². The molecule has 16 heavy (non-hydrogen) atoms. The summed E-state index contributed by atoms with van der Waals surface area (Å²) in [6, 6.07) is 1.81. The standard InChI is InChI=1S/C12H16BrFN2/c1-8-4-2-3-5-11(8)16-12-10(14)6-9(13)7-15-12/h6-8,11H,2-5H2,1H3,(H,15,16). The van der Waals surface area contributed by atoms with Gasteiger partial charge in [0.25, 0.3) is 0 Å². The third kappa shape index (κ3) is 2.73. The summed E-state index contributed by atoms with van der Waals surface area (Å²) in [5.74, 6) is 0.688. The van der Waals surface area contributed by atoms with Crippen molar-refractivity contribution >= 4 is 21.7 Å². The predicted octanol–water partition coefficient (Wildman–Crippen LogP) is 3.97. The van der Waals surface area contributed by atoms with Gasteiger partial charge in [-0.1, -0.05) is 19.8 Å². The van der Waals surface area contributed by atoms with Crippen LogP contribution in [0.25, 0.3) is 0 Å². The highest BCUT2D eigenvalue weighted by molar-refractivity contribution is 9.10. The molecule has 88 valence electrons. The lowest BCUT2D eigenvalue weighted by Gasteiger charge is -2.29. The lowest BCUT2D eigenvalue weighted by Crippen LogP contribution is -2.31. The first-order chi connectivity index (χ1) is 7.66. The third-order valence-electron chi connectivity index (χ3n) is 3.24. The molecule has 1 aliphatic rings. The van der Waals surface area contributed by atoms with Crippen molar-refractivity contribution in [1.29, 1.82) is 0 Å². The van der Waals surface area contributed by atoms with E-state index in [0.717, 1.165) is 6.42 Å². The van der Waals surface area contributed by atoms with Gasteiger partial charge in [-0.25, -0.2) is 9.37 Å². The number of nitrogens with zero attached hydrogens (tertiary/aromatic N) is 1. The topological polar surface area (TPSA) is 24.9 Å². The number of nitrogens with one attached hydrogen (secondary N) is 1. The normalized spacial score (nSPS) is 25.4. The van der Waals surface area contributed by atoms with E-state index in [1.807, 2.05) is 0 Å². The summed E-state index contributed by atoms with van der Waals surface area (Å²) in [5.41, 5.74) is 0. The van der Waals surface area contributed by atoms with Gasteiger partial charge >= 0.3 is 0 Å². The first kappa shape index (κ1) is 11.8. The number of rotatable bonds is 2. The summed E-state index contributed by atoms with van der Waals surface area (Å²) in [4.78, 5) is 4.07. The van der Waals surface area contributed by atoms with Crippen LogP contribution in [0.5, 0.6) is 0 Å². The molecule has 1 N–H and O–H groups in total. The van der Waals surface area contributed by atoms with Crippen LogP contribution in [0.2, 0.25) is 0 Å². The van der Waals surface area contributed by atoms with Crippen LogP contribution < -0.4 is 5.32 Å². The predicted molar refractivity (Wildman–Crippen MR) is 66.9 cm³/mol. The summed E-state index contributed by atoms with van der Waals surface area (Å²) in [7, 11) is 0. The molecule has 0 aromatic carbocycles. The maximum Gasteiger partial charge on any atom is 0.166 e. The van der Waals surface area contributed by atoms with Gasteiger partial charge in [-0.2, -0.15) is 0 Å². The van der Waals surface area contributed by atoms with Gasteiger partial charge < -0.3 is 5.32 Å². The van der Waals surface area contributed by atoms with Crippen LogP contribution >= 0.6 is 15.9 Å². The molecule has 1 saturated carbocycles. The van der Waals surface area contributed by atoms with Crippen LogP contribution in [0.3, 0.4) is 0 Å². The number of pyridine rings is 1. The third-order valence-corrected chi connectivity index (χ3v) is 3.68. The van der Waals surface area contributed by atoms with Crippen LogP contribution in [0.4, 0.5) is 10.2 Å². The molecule has 1 fully saturated rings. The largest absolute Gasteiger partial charge is 0.365 e. The summed E-state index contributed by atoms with van der Waals surface area (Å²) in [5, 5.41) is 3.22. The molecule has 1 aromatic rings. The maximum atomic E-state index is 13.6. The Morgan fingerprint density at radius 2 is 2.19 bits per heavy atom. The molecule has 0 aliphatic heterocycles. The minimum absolute atomic E-state index is 0.285. The second kappa shape index (κ2) is 5.13. The first-order valence-electron chi connectivity index (χ1n) is 5.74. The molecule has 2 rings (SSSR count). The molecule has 0 spiro atoms. The van der Waals surface area contributed by atoms with Crippen molar-refractivity contribution in [1.82, 2.24) is 4.98 Å². The lowest BCUT2D eigenvalue weighted by atomic mass is 9.86. The van der Waals surface area contributed by atoms with E-state index in [0.29, 0.717) is 22.3 Å². The van der Waals surface area contributed by atoms with E-state index in [4.69, 9.17) is 0 Å². The highest BCUT2D eigenvalue weighted by Gasteiger charge is 2.22. The Kier molecular flexibility index (Phi) is 3.79. The van der Waals surface area contributed by atoms with E-state index < -0.39 is 0 Å². The van der Waals surface area contributed by atoms with E-state index in [9.17, 15) is 4.39 Å². The van der Waals surface area contributed by atoms with Crippen molar-refractivity contribution < 1.29 is 4.39 Å². The average molecular weight is 287 g/mol. The molecular formula is C12H16BrFN2. The zero-order valence-corrected chi connectivity index (χ0v) is 10.9. The number of hydrogen-bond acceptors (Lipinski definition) is 2. The van der Waals surface area contributed by atoms with Crippen LogP contribution in [0, 0.1) is 11.7 Å². The Labute approximate surface area is 104 Å². The Hall–Kier alpha value is -0.640. The molecule has 1 aromatic heterocycles. The highest BCUT2D eigenvalue weighted by Crippen LogP contribution is 2.27. The van der Waals surface area contributed by atoms with E-state index in [-0.39, 0.29) is 5.82 Å². The van der Waals surface area contributed by atoms with Gasteiger partial charge in [0.15, 0.2) is 11.6 Å². The van der Waals surface area contributed by atoms with Crippen molar-refractivity contribution in [3.63, 3.8) is 0 Å². The Bertz CT molecular complexity index is 370. The zero-order valence-electron chi connectivity index (χ0n) is 9.34. The number of hydrogen-bond donors (Lipinski definition) is 1. The molecule has 1 aliphatic carbocycles. The lowest BCUT2D eigenvalue weighted by molar-refractivity contribution is 0.348. The van der Waals surface area contributed by atoms with Crippen LogP contribution in [-0.2, 0) is 0 Å². The summed E-state index contributed by atoms with van der Waals surface area (Å²) < 4.78 is 14.3. The zero-order chi connectivity index (χ0) is 11.5. The fraction of sp³-hybridized carbons (Fsp3) is 0.583. The Morgan fingerprint density at radius 3 is 2.88 bits per heavy atom. The van der Waals surface area contributed by atoms with E-state index in [2.05, 4.69) is 33.2 Å². The van der Waals surface area contributed by atoms with Crippen molar-refractivity contribution in [3.05, 3.63) is 22.6 Å². The molecule has 0 radical (unpaired) electrons. The van der Waals surface area contributed by atoms with Crippen molar-refractivity contribution in [2.24, 2.45) is 5.92 Å². The second-order valence-electron chi connectivity index (χ2n) is 4.50. The fourth-order valence-electron chi connectivity index (χ4n) is 2.23. The van der Waals surface area contributed by atoms with Crippen LogP contribution in [-0.4, -0.2) is 11.0 Å². The summed E-state index contributed by atoms with van der Waals surface area (Å²) >= 11 is 3.20. The average Bonchev–Trinajstić information content (AvgIpc) is 2.25. The number of anilines is 1. The maximum absolute atomic E-state index is 13.6. The molecular weight excluding hydrogens is 271 g/mol. The van der Waals surface area contributed by atoms with Crippen molar-refractivity contribution in [2.75, 3.05) is 5.32 Å². The minimum Gasteiger partial charge on any atom is -0.365 e. The smallest absolute Gasteiger partial charge is 0.166 e. The van der Waals surface area contributed by atoms with Gasteiger partial charge in [-0.15, -0.1) is 0 Å². The summed E-state index contributed by atoms with van der Waals surface area (Å²) in [6.07, 6.45) is 6.46. The van der Waals surface area contributed by atoms with Crippen LogP contribution in [0.1, 0.15) is 32.6 Å². The SMILES string of the molecule is CC1CCCCC1Nc1ncc(Br)cc1F. The quantitative estimate of drug-likeness (QED) is 0.890.